The van der Waals surface area contributed by atoms with E-state index in [1.165, 1.54) is 36.8 Å². The third-order valence-electron chi connectivity index (χ3n) is 5.44. The van der Waals surface area contributed by atoms with Crippen LogP contribution in [0.25, 0.3) is 0 Å². The van der Waals surface area contributed by atoms with Crippen molar-refractivity contribution in [2.24, 2.45) is 0 Å². The molecule has 0 heterocycles. The fourth-order valence-corrected chi connectivity index (χ4v) is 3.68. The lowest BCUT2D eigenvalue weighted by Gasteiger charge is -2.36. The topological polar surface area (TPSA) is 9.23 Å². The van der Waals surface area contributed by atoms with E-state index in [0.717, 1.165) is 13.0 Å². The normalized spacial score (nSPS) is 17.5. The van der Waals surface area contributed by atoms with Crippen LogP contribution in [-0.4, -0.2) is 14.9 Å². The molecule has 0 bridgehead atoms. The van der Waals surface area contributed by atoms with E-state index in [2.05, 4.69) is 76.0 Å². The van der Waals surface area contributed by atoms with Crippen LogP contribution in [0.4, 0.5) is 0 Å². The molecule has 0 amide bonds. The number of allylic oxidation sites excluding steroid dienone is 1. The van der Waals surface area contributed by atoms with Gasteiger partial charge in [-0.25, -0.2) is 0 Å². The molecule has 1 aromatic carbocycles. The predicted molar refractivity (Wildman–Crippen MR) is 107 cm³/mol. The Morgan fingerprint density at radius 1 is 1.12 bits per heavy atom. The van der Waals surface area contributed by atoms with Gasteiger partial charge in [0.1, 0.15) is 0 Å². The first-order valence-electron chi connectivity index (χ1n) is 9.44. The molecular formula is C22H34OSi. The van der Waals surface area contributed by atoms with Crippen molar-refractivity contribution in [1.82, 2.24) is 0 Å². The molecule has 1 aliphatic rings. The van der Waals surface area contributed by atoms with Crippen LogP contribution in [0.5, 0.6) is 0 Å². The Morgan fingerprint density at radius 3 is 2.50 bits per heavy atom. The third-order valence-corrected chi connectivity index (χ3v) is 9.97. The van der Waals surface area contributed by atoms with Gasteiger partial charge in [0.05, 0.1) is 0 Å². The highest BCUT2D eigenvalue weighted by molar-refractivity contribution is 6.74. The van der Waals surface area contributed by atoms with Crippen LogP contribution in [0.2, 0.25) is 18.1 Å². The van der Waals surface area contributed by atoms with Crippen LogP contribution in [0.15, 0.2) is 47.7 Å². The molecule has 24 heavy (non-hydrogen) atoms. The molecule has 0 aliphatic heterocycles. The average molecular weight is 343 g/mol. The largest absolute Gasteiger partial charge is 0.417 e. The van der Waals surface area contributed by atoms with Gasteiger partial charge in [0.2, 0.25) is 0 Å². The van der Waals surface area contributed by atoms with Gasteiger partial charge in [0.25, 0.3) is 0 Å². The van der Waals surface area contributed by atoms with Gasteiger partial charge in [-0.1, -0.05) is 57.5 Å². The molecule has 0 N–H and O–H groups in total. The van der Waals surface area contributed by atoms with E-state index in [1.54, 1.807) is 0 Å². The first-order valence-corrected chi connectivity index (χ1v) is 12.3. The summed E-state index contributed by atoms with van der Waals surface area (Å²) in [6, 6.07) is 10.8. The zero-order chi connectivity index (χ0) is 17.6. The summed E-state index contributed by atoms with van der Waals surface area (Å²) >= 11 is 0. The smallest absolute Gasteiger partial charge is 0.191 e. The van der Waals surface area contributed by atoms with Crippen molar-refractivity contribution in [3.8, 4) is 0 Å². The van der Waals surface area contributed by atoms with Gasteiger partial charge >= 0.3 is 0 Å². The van der Waals surface area contributed by atoms with Gasteiger partial charge in [0.15, 0.2) is 8.32 Å². The second kappa shape index (κ2) is 8.34. The molecule has 1 unspecified atom stereocenters. The molecule has 1 nitrogen and oxygen atoms in total. The van der Waals surface area contributed by atoms with E-state index < -0.39 is 8.32 Å². The summed E-state index contributed by atoms with van der Waals surface area (Å²) in [7, 11) is -1.55. The maximum absolute atomic E-state index is 6.22. The number of hydrogen-bond acceptors (Lipinski definition) is 1. The summed E-state index contributed by atoms with van der Waals surface area (Å²) in [5.41, 5.74) is 6.42. The second-order valence-electron chi connectivity index (χ2n) is 8.50. The highest BCUT2D eigenvalue weighted by Gasteiger charge is 2.36. The molecule has 132 valence electrons. The molecule has 1 aliphatic carbocycles. The van der Waals surface area contributed by atoms with E-state index in [0.29, 0.717) is 11.0 Å². The fraction of sp³-hybridized carbons (Fsp3) is 0.591. The lowest BCUT2D eigenvalue weighted by Crippen LogP contribution is -2.40. The van der Waals surface area contributed by atoms with Crippen molar-refractivity contribution in [3.05, 3.63) is 53.3 Å². The number of benzene rings is 1. The molecule has 1 saturated carbocycles. The maximum Gasteiger partial charge on any atom is 0.191 e. The minimum absolute atomic E-state index is 0.321. The summed E-state index contributed by atoms with van der Waals surface area (Å²) in [5.74, 6) is 0.639. The second-order valence-corrected chi connectivity index (χ2v) is 13.3. The molecule has 1 atom stereocenters. The van der Waals surface area contributed by atoms with E-state index in [1.807, 2.05) is 0 Å². The van der Waals surface area contributed by atoms with Crippen molar-refractivity contribution >= 4 is 8.32 Å². The van der Waals surface area contributed by atoms with Crippen molar-refractivity contribution in [2.45, 2.75) is 76.9 Å². The number of rotatable bonds is 8. The molecular weight excluding hydrogens is 308 g/mol. The summed E-state index contributed by atoms with van der Waals surface area (Å²) in [5, 5.41) is 0.321. The SMILES string of the molecule is CC(C)(C)[Si](C)(C)OCCCCCC=C=C1CC1c1ccccc1. The first kappa shape index (κ1) is 19.2. The summed E-state index contributed by atoms with van der Waals surface area (Å²) < 4.78 is 6.22. The zero-order valence-corrected chi connectivity index (χ0v) is 17.2. The van der Waals surface area contributed by atoms with Crippen LogP contribution in [0.1, 0.15) is 64.4 Å². The predicted octanol–water partition coefficient (Wildman–Crippen LogP) is 6.84. The zero-order valence-electron chi connectivity index (χ0n) is 16.2. The molecule has 1 aromatic rings. The molecule has 1 fully saturated rings. The minimum Gasteiger partial charge on any atom is -0.417 e. The standard InChI is InChI=1S/C22H34OSi/c1-22(2,3)24(4,5)23-17-13-8-6-7-10-16-20-18-21(20)19-14-11-9-12-15-19/h9-12,14-15,21H,6-8,13,17-18H2,1-5H3. The Kier molecular flexibility index (Phi) is 6.68. The fourth-order valence-electron chi connectivity index (χ4n) is 2.60. The minimum atomic E-state index is -1.55. The lowest BCUT2D eigenvalue weighted by atomic mass is 10.1. The van der Waals surface area contributed by atoms with E-state index >= 15 is 0 Å². The summed E-state index contributed by atoms with van der Waals surface area (Å²) in [6.45, 7) is 12.5. The maximum atomic E-state index is 6.22. The van der Waals surface area contributed by atoms with E-state index in [4.69, 9.17) is 4.43 Å². The van der Waals surface area contributed by atoms with Crippen molar-refractivity contribution in [3.63, 3.8) is 0 Å². The molecule has 0 aromatic heterocycles. The van der Waals surface area contributed by atoms with Gasteiger partial charge in [-0.3, -0.25) is 0 Å². The van der Waals surface area contributed by atoms with Crippen LogP contribution in [0, 0.1) is 0 Å². The Balaban J connectivity index is 1.59. The van der Waals surface area contributed by atoms with E-state index in [9.17, 15) is 0 Å². The Labute approximate surface area is 150 Å². The molecule has 0 radical (unpaired) electrons. The first-order chi connectivity index (χ1) is 11.3. The highest BCUT2D eigenvalue weighted by Crippen LogP contribution is 2.45. The monoisotopic (exact) mass is 342 g/mol. The van der Waals surface area contributed by atoms with Crippen LogP contribution >= 0.6 is 0 Å². The summed E-state index contributed by atoms with van der Waals surface area (Å²) in [6.07, 6.45) is 8.27. The van der Waals surface area contributed by atoms with Crippen LogP contribution in [-0.2, 0) is 4.43 Å². The summed E-state index contributed by atoms with van der Waals surface area (Å²) in [4.78, 5) is 0. The molecule has 2 rings (SSSR count). The van der Waals surface area contributed by atoms with Crippen molar-refractivity contribution < 1.29 is 4.43 Å². The Morgan fingerprint density at radius 2 is 1.83 bits per heavy atom. The Hall–Kier alpha value is -1.08. The molecule has 2 heteroatoms. The van der Waals surface area contributed by atoms with Crippen LogP contribution in [0.3, 0.4) is 0 Å². The number of hydrogen-bond donors (Lipinski definition) is 0. The quantitative estimate of drug-likeness (QED) is 0.285. The van der Waals surface area contributed by atoms with Gasteiger partial charge in [0, 0.05) is 12.5 Å². The third kappa shape index (κ3) is 5.77. The molecule has 0 saturated heterocycles. The van der Waals surface area contributed by atoms with E-state index in [-0.39, 0.29) is 0 Å². The van der Waals surface area contributed by atoms with Gasteiger partial charge in [-0.05, 0) is 61.0 Å². The van der Waals surface area contributed by atoms with Gasteiger partial charge < -0.3 is 4.43 Å². The molecule has 0 spiro atoms. The highest BCUT2D eigenvalue weighted by atomic mass is 28.4. The Bertz CT molecular complexity index is 574. The average Bonchev–Trinajstić information content (AvgIpc) is 3.29. The van der Waals surface area contributed by atoms with Crippen molar-refractivity contribution in [2.75, 3.05) is 6.61 Å². The lowest BCUT2D eigenvalue weighted by molar-refractivity contribution is 0.278. The van der Waals surface area contributed by atoms with Gasteiger partial charge in [-0.15, -0.1) is 5.73 Å². The van der Waals surface area contributed by atoms with Crippen molar-refractivity contribution in [1.29, 1.82) is 0 Å². The van der Waals surface area contributed by atoms with Gasteiger partial charge in [-0.2, -0.15) is 0 Å². The number of unbranched alkanes of at least 4 members (excludes halogenated alkanes) is 3. The van der Waals surface area contributed by atoms with Crippen LogP contribution < -0.4 is 0 Å².